The van der Waals surface area contributed by atoms with Crippen LogP contribution in [0.25, 0.3) is 90.4 Å². The summed E-state index contributed by atoms with van der Waals surface area (Å²) in [4.78, 5) is 57.1. The fourth-order valence-corrected chi connectivity index (χ4v) is 12.3. The zero-order valence-corrected chi connectivity index (χ0v) is 46.5. The number of H-pyrrole nitrogens is 2. The molecule has 0 radical (unpaired) electrons. The van der Waals surface area contributed by atoms with Gasteiger partial charge < -0.3 is 9.97 Å². The van der Waals surface area contributed by atoms with E-state index in [-0.39, 0.29) is 24.7 Å². The molecule has 386 valence electrons. The van der Waals surface area contributed by atoms with Gasteiger partial charge in [0.15, 0.2) is 9.60 Å². The number of benzene rings is 4. The third-order valence-electron chi connectivity index (χ3n) is 14.4. The molecule has 2 amide bonds. The highest BCUT2D eigenvalue weighted by Gasteiger charge is 2.24. The van der Waals surface area contributed by atoms with E-state index in [1.165, 1.54) is 22.7 Å². The lowest BCUT2D eigenvalue weighted by molar-refractivity contribution is -0.118. The summed E-state index contributed by atoms with van der Waals surface area (Å²) in [7, 11) is 0. The number of nitrogens with one attached hydrogen (secondary N) is 2. The number of amides is 2. The van der Waals surface area contributed by atoms with Gasteiger partial charge in [0, 0.05) is 78.2 Å². The molecule has 8 bridgehead atoms. The lowest BCUT2D eigenvalue weighted by atomic mass is 9.98. The molecule has 4 aromatic carbocycles. The summed E-state index contributed by atoms with van der Waals surface area (Å²) in [6, 6.07) is 43.4. The maximum atomic E-state index is 14.3. The van der Waals surface area contributed by atoms with E-state index in [0.29, 0.717) is 43.9 Å². The first-order valence-electron chi connectivity index (χ1n) is 25.5. The lowest BCUT2D eigenvalue weighted by Gasteiger charge is -2.09. The van der Waals surface area contributed by atoms with Crippen LogP contribution in [0.1, 0.15) is 84.6 Å². The SMILES string of the molecule is C=Cc1c(C)c2cc3[nH]c(cc4nc(cc5nc(cc1[nH]2)C(C)=C5CCC(=O)N=c1scc(-c2ccccc2)n1-c1ccc(Cl)cc1)C(CCC(=O)N=c1scc(-c2ccccc2)n1-c1ccc(Cl)cc1)=C4C)c(C)c3C=C. The maximum absolute atomic E-state index is 14.3. The number of aryl methyl sites for hydroxylation is 2. The second-order valence-electron chi connectivity index (χ2n) is 19.1. The van der Waals surface area contributed by atoms with Crippen molar-refractivity contribution in [1.29, 1.82) is 0 Å². The minimum Gasteiger partial charge on any atom is -0.355 e. The van der Waals surface area contributed by atoms with E-state index < -0.39 is 0 Å². The molecule has 0 unspecified atom stereocenters. The average molecular weight is 1100 g/mol. The van der Waals surface area contributed by atoms with E-state index in [1.807, 2.05) is 154 Å². The molecule has 2 aliphatic heterocycles. The van der Waals surface area contributed by atoms with Gasteiger partial charge in [0.05, 0.1) is 34.2 Å². The summed E-state index contributed by atoms with van der Waals surface area (Å²) < 4.78 is 4.00. The Hall–Kier alpha value is -8.26. The molecule has 0 saturated carbocycles. The van der Waals surface area contributed by atoms with Crippen molar-refractivity contribution in [3.8, 4) is 33.9 Å². The van der Waals surface area contributed by atoms with Crippen molar-refractivity contribution in [2.24, 2.45) is 9.98 Å². The summed E-state index contributed by atoms with van der Waals surface area (Å²) in [5.74, 6) is -0.547. The molecule has 0 fully saturated rings. The van der Waals surface area contributed by atoms with Crippen LogP contribution in [0.4, 0.5) is 0 Å². The number of hydrogen-bond acceptors (Lipinski definition) is 6. The van der Waals surface area contributed by atoms with Gasteiger partial charge in [-0.05, 0) is 158 Å². The molecular formula is C64H52Cl2N8O2S2. The van der Waals surface area contributed by atoms with Crippen molar-refractivity contribution >= 4 is 114 Å². The second-order valence-corrected chi connectivity index (χ2v) is 21.7. The van der Waals surface area contributed by atoms with E-state index >= 15 is 0 Å². The van der Waals surface area contributed by atoms with Crippen LogP contribution in [0.3, 0.4) is 0 Å². The maximum Gasteiger partial charge on any atom is 0.248 e. The quantitative estimate of drug-likeness (QED) is 0.126. The number of nitrogens with zero attached hydrogens (tertiary/aromatic N) is 6. The molecule has 10 nitrogen and oxygen atoms in total. The number of halogens is 2. The van der Waals surface area contributed by atoms with Crippen LogP contribution < -0.4 is 9.60 Å². The van der Waals surface area contributed by atoms with Gasteiger partial charge >= 0.3 is 0 Å². The molecule has 2 aliphatic rings. The lowest BCUT2D eigenvalue weighted by Crippen LogP contribution is -2.16. The zero-order chi connectivity index (χ0) is 54.2. The minimum absolute atomic E-state index is 0.116. The molecule has 5 aromatic heterocycles. The molecule has 0 aliphatic carbocycles. The van der Waals surface area contributed by atoms with E-state index in [4.69, 9.17) is 43.2 Å². The van der Waals surface area contributed by atoms with Crippen molar-refractivity contribution in [3.05, 3.63) is 222 Å². The molecular weight excluding hydrogens is 1050 g/mol. The molecule has 78 heavy (non-hydrogen) atoms. The number of rotatable bonds is 12. The Morgan fingerprint density at radius 3 is 1.36 bits per heavy atom. The highest BCUT2D eigenvalue weighted by Crippen LogP contribution is 2.39. The molecule has 7 heterocycles. The monoisotopic (exact) mass is 1100 g/mol. The topological polar surface area (TPSA) is 126 Å². The Balaban J connectivity index is 1.01. The van der Waals surface area contributed by atoms with Gasteiger partial charge in [-0.15, -0.1) is 22.7 Å². The fourth-order valence-electron chi connectivity index (χ4n) is 10.2. The van der Waals surface area contributed by atoms with Crippen molar-refractivity contribution < 1.29 is 9.59 Å². The van der Waals surface area contributed by atoms with Gasteiger partial charge in [0.25, 0.3) is 0 Å². The van der Waals surface area contributed by atoms with Crippen molar-refractivity contribution in [2.75, 3.05) is 0 Å². The average Bonchev–Trinajstić information content (AvgIpc) is 4.31. The number of thiazole rings is 2. The van der Waals surface area contributed by atoms with Gasteiger partial charge in [-0.3, -0.25) is 18.7 Å². The van der Waals surface area contributed by atoms with Crippen LogP contribution >= 0.6 is 45.9 Å². The standard InChI is InChI=1S/C64H52Cl2N8O2S2/c1-7-47-37(3)51-31-52-39(5)49(27-29-61(75)71-63-73(45-23-19-43(65)20-24-45)59(35-77-63)41-15-11-9-12-16-41)57(69-52)34-58-50(40(6)54(70-58)33-56-48(8-2)38(4)53(68-56)32-55(47)67-51)28-30-62(76)72-64-74(46-25-21-44(66)22-26-46)60(36-78-64)42-17-13-10-14-18-42/h7-26,31-36,67-68H,1-2,27-30H2,3-6H3. The van der Waals surface area contributed by atoms with Crippen LogP contribution in [0.5, 0.6) is 0 Å². The first-order valence-corrected chi connectivity index (χ1v) is 28.0. The number of aromatic nitrogens is 6. The van der Waals surface area contributed by atoms with Crippen molar-refractivity contribution in [1.82, 2.24) is 29.1 Å². The fraction of sp³-hybridized carbons (Fsp3) is 0.125. The highest BCUT2D eigenvalue weighted by atomic mass is 35.5. The van der Waals surface area contributed by atoms with Gasteiger partial charge in [0.1, 0.15) is 0 Å². The third-order valence-corrected chi connectivity index (χ3v) is 16.5. The Morgan fingerprint density at radius 2 is 0.936 bits per heavy atom. The molecule has 0 atom stereocenters. The van der Waals surface area contributed by atoms with Crippen molar-refractivity contribution in [2.45, 2.75) is 53.4 Å². The number of fused-ring (bicyclic) bond motifs is 8. The number of aromatic amines is 2. The Morgan fingerprint density at radius 1 is 0.538 bits per heavy atom. The molecule has 11 rings (SSSR count). The Bertz CT molecular complexity index is 4280. The summed E-state index contributed by atoms with van der Waals surface area (Å²) in [5.41, 5.74) is 19.6. The number of allylic oxidation sites excluding steroid dienone is 4. The predicted molar refractivity (Wildman–Crippen MR) is 323 cm³/mol. The molecule has 0 saturated heterocycles. The highest BCUT2D eigenvalue weighted by molar-refractivity contribution is 7.07. The minimum atomic E-state index is -0.274. The summed E-state index contributed by atoms with van der Waals surface area (Å²) in [5, 5.41) is 5.27. The Labute approximate surface area is 469 Å². The van der Waals surface area contributed by atoms with E-state index in [9.17, 15) is 9.59 Å². The van der Waals surface area contributed by atoms with E-state index in [2.05, 4.69) is 62.1 Å². The first kappa shape index (κ1) is 51.8. The second kappa shape index (κ2) is 22.0. The molecule has 9 aromatic rings. The van der Waals surface area contributed by atoms with E-state index in [1.54, 1.807) is 0 Å². The largest absolute Gasteiger partial charge is 0.355 e. The van der Waals surface area contributed by atoms with Crippen LogP contribution in [-0.4, -0.2) is 40.9 Å². The van der Waals surface area contributed by atoms with Crippen LogP contribution in [0.15, 0.2) is 167 Å². The van der Waals surface area contributed by atoms with Crippen LogP contribution in [0.2, 0.25) is 10.0 Å². The van der Waals surface area contributed by atoms with Gasteiger partial charge in [-0.25, -0.2) is 9.97 Å². The number of hydrogen-bond donors (Lipinski definition) is 2. The first-order chi connectivity index (χ1) is 37.8. The number of carbonyl (C=O) groups excluding carboxylic acids is 2. The van der Waals surface area contributed by atoms with E-state index in [0.717, 1.165) is 112 Å². The number of carbonyl (C=O) groups is 2. The van der Waals surface area contributed by atoms with Crippen LogP contribution in [0, 0.1) is 13.8 Å². The van der Waals surface area contributed by atoms with Gasteiger partial charge in [-0.2, -0.15) is 9.98 Å². The normalized spacial score (nSPS) is 12.9. The van der Waals surface area contributed by atoms with Gasteiger partial charge in [-0.1, -0.05) is 109 Å². The summed E-state index contributed by atoms with van der Waals surface area (Å²) in [6.07, 6.45) is 4.68. The summed E-state index contributed by atoms with van der Waals surface area (Å²) >= 11 is 15.5. The third kappa shape index (κ3) is 10.2. The predicted octanol–water partition coefficient (Wildman–Crippen LogP) is 16.2. The molecule has 2 N–H and O–H groups in total. The van der Waals surface area contributed by atoms with Gasteiger partial charge in [0.2, 0.25) is 11.8 Å². The zero-order valence-electron chi connectivity index (χ0n) is 43.3. The molecule has 0 spiro atoms. The summed E-state index contributed by atoms with van der Waals surface area (Å²) in [6.45, 7) is 16.6. The van der Waals surface area contributed by atoms with Crippen LogP contribution in [-0.2, 0) is 9.59 Å². The Kier molecular flexibility index (Phi) is 14.6. The smallest absolute Gasteiger partial charge is 0.248 e. The molecule has 14 heteroatoms. The van der Waals surface area contributed by atoms with Crippen molar-refractivity contribution in [3.63, 3.8) is 0 Å².